The van der Waals surface area contributed by atoms with Gasteiger partial charge in [0.15, 0.2) is 0 Å². The van der Waals surface area contributed by atoms with Crippen LogP contribution in [0.2, 0.25) is 0 Å². The smallest absolute Gasteiger partial charge is 0.407 e. The summed E-state index contributed by atoms with van der Waals surface area (Å²) in [6.45, 7) is 0.0614. The lowest BCUT2D eigenvalue weighted by molar-refractivity contribution is -0.0777. The number of benzene rings is 1. The van der Waals surface area contributed by atoms with Gasteiger partial charge in [-0.2, -0.15) is 0 Å². The second-order valence-corrected chi connectivity index (χ2v) is 4.98. The minimum Gasteiger partial charge on any atom is -0.445 e. The average Bonchev–Trinajstić information content (AvgIpc) is 2.42. The highest BCUT2D eigenvalue weighted by Gasteiger charge is 2.41. The molecule has 6 heteroatoms. The fraction of sp³-hybridized carbons (Fsp3) is 0.500. The average molecular weight is 285 g/mol. The van der Waals surface area contributed by atoms with Crippen LogP contribution in [0.3, 0.4) is 0 Å². The Kier molecular flexibility index (Phi) is 4.54. The highest BCUT2D eigenvalue weighted by atomic mass is 19.3. The summed E-state index contributed by atoms with van der Waals surface area (Å²) in [5.74, 6) is -2.85. The summed E-state index contributed by atoms with van der Waals surface area (Å²) < 4.78 is 31.4. The van der Waals surface area contributed by atoms with E-state index in [2.05, 4.69) is 5.32 Å². The molecule has 2 rings (SSSR count). The van der Waals surface area contributed by atoms with Gasteiger partial charge in [-0.25, -0.2) is 13.6 Å². The van der Waals surface area contributed by atoms with Crippen LogP contribution in [0.25, 0.3) is 0 Å². The van der Waals surface area contributed by atoms with Crippen molar-refractivity contribution in [2.24, 2.45) is 0 Å². The van der Waals surface area contributed by atoms with Crippen LogP contribution in [-0.4, -0.2) is 29.3 Å². The summed E-state index contributed by atoms with van der Waals surface area (Å²) in [6, 6.07) is 8.06. The zero-order valence-corrected chi connectivity index (χ0v) is 10.9. The van der Waals surface area contributed by atoms with Crippen LogP contribution in [0, 0.1) is 0 Å². The maximum absolute atomic E-state index is 13.2. The number of nitrogens with one attached hydrogen (secondary N) is 1. The highest BCUT2D eigenvalue weighted by molar-refractivity contribution is 5.67. The van der Waals surface area contributed by atoms with Crippen LogP contribution in [0.5, 0.6) is 0 Å². The van der Waals surface area contributed by atoms with E-state index in [1.807, 2.05) is 18.2 Å². The van der Waals surface area contributed by atoms with Crippen LogP contribution < -0.4 is 5.32 Å². The van der Waals surface area contributed by atoms with Crippen molar-refractivity contribution in [3.63, 3.8) is 0 Å². The Bertz CT molecular complexity index is 453. The van der Waals surface area contributed by atoms with Gasteiger partial charge in [0.2, 0.25) is 5.92 Å². The second kappa shape index (κ2) is 6.17. The lowest BCUT2D eigenvalue weighted by atomic mass is 9.89. The molecule has 2 unspecified atom stereocenters. The number of hydrogen-bond donors (Lipinski definition) is 2. The molecule has 1 aromatic carbocycles. The molecule has 1 aliphatic carbocycles. The van der Waals surface area contributed by atoms with E-state index < -0.39 is 30.6 Å². The summed E-state index contributed by atoms with van der Waals surface area (Å²) in [5, 5.41) is 11.9. The van der Waals surface area contributed by atoms with Crippen LogP contribution >= 0.6 is 0 Å². The minimum absolute atomic E-state index is 0.0311. The monoisotopic (exact) mass is 285 g/mol. The normalized spacial score (nSPS) is 24.9. The molecule has 1 amide bonds. The number of amides is 1. The Morgan fingerprint density at radius 1 is 1.40 bits per heavy atom. The van der Waals surface area contributed by atoms with Crippen molar-refractivity contribution in [1.82, 2.24) is 5.32 Å². The molecular formula is C14H17F2NO3. The van der Waals surface area contributed by atoms with Crippen molar-refractivity contribution in [3.05, 3.63) is 35.9 Å². The third kappa shape index (κ3) is 4.16. The van der Waals surface area contributed by atoms with Crippen LogP contribution in [0.15, 0.2) is 30.3 Å². The van der Waals surface area contributed by atoms with Gasteiger partial charge in [0.25, 0.3) is 0 Å². The van der Waals surface area contributed by atoms with Gasteiger partial charge in [-0.3, -0.25) is 0 Å². The fourth-order valence-corrected chi connectivity index (χ4v) is 2.18. The van der Waals surface area contributed by atoms with Crippen molar-refractivity contribution >= 4 is 6.09 Å². The lowest BCUT2D eigenvalue weighted by Gasteiger charge is -2.33. The van der Waals surface area contributed by atoms with Crippen molar-refractivity contribution in [2.75, 3.05) is 0 Å². The summed E-state index contributed by atoms with van der Waals surface area (Å²) in [6.07, 6.45) is -2.70. The van der Waals surface area contributed by atoms with E-state index in [0.29, 0.717) is 0 Å². The van der Waals surface area contributed by atoms with Gasteiger partial charge in [-0.05, 0) is 12.0 Å². The van der Waals surface area contributed by atoms with Gasteiger partial charge in [-0.1, -0.05) is 30.3 Å². The molecule has 2 N–H and O–H groups in total. The number of carbonyl (C=O) groups is 1. The molecule has 0 spiro atoms. The number of carbonyl (C=O) groups excluding carboxylic acids is 1. The van der Waals surface area contributed by atoms with Gasteiger partial charge in [0, 0.05) is 12.8 Å². The van der Waals surface area contributed by atoms with Crippen LogP contribution in [-0.2, 0) is 11.3 Å². The second-order valence-electron chi connectivity index (χ2n) is 4.98. The Morgan fingerprint density at radius 2 is 2.10 bits per heavy atom. The Hall–Kier alpha value is -1.69. The molecule has 1 fully saturated rings. The molecule has 20 heavy (non-hydrogen) atoms. The lowest BCUT2D eigenvalue weighted by Crippen LogP contribution is -2.50. The number of alkyl halides is 2. The third-order valence-electron chi connectivity index (χ3n) is 3.30. The molecule has 0 bridgehead atoms. The third-order valence-corrected chi connectivity index (χ3v) is 3.30. The predicted octanol–water partition coefficient (Wildman–Crippen LogP) is 2.46. The van der Waals surface area contributed by atoms with E-state index in [0.717, 1.165) is 5.56 Å². The van der Waals surface area contributed by atoms with E-state index in [9.17, 15) is 18.7 Å². The molecule has 0 saturated heterocycles. The van der Waals surface area contributed by atoms with Gasteiger partial charge in [0.1, 0.15) is 6.61 Å². The molecule has 1 aromatic rings. The topological polar surface area (TPSA) is 58.6 Å². The van der Waals surface area contributed by atoms with Crippen LogP contribution in [0.4, 0.5) is 13.6 Å². The molecule has 1 aliphatic rings. The molecular weight excluding hydrogens is 268 g/mol. The number of aliphatic hydroxyl groups is 1. The summed E-state index contributed by atoms with van der Waals surface area (Å²) in [7, 11) is 0. The number of ether oxygens (including phenoxy) is 1. The standard InChI is InChI=1S/C14H17F2NO3/c15-14(16)7-6-12(18)11(8-14)17-13(19)20-9-10-4-2-1-3-5-10/h1-5,11-12,18H,6-9H2,(H,17,19). The van der Waals surface area contributed by atoms with Crippen molar-refractivity contribution in [2.45, 2.75) is 43.9 Å². The molecule has 0 heterocycles. The number of aliphatic hydroxyl groups excluding tert-OH is 1. The van der Waals surface area contributed by atoms with E-state index >= 15 is 0 Å². The predicted molar refractivity (Wildman–Crippen MR) is 68.4 cm³/mol. The molecule has 1 saturated carbocycles. The van der Waals surface area contributed by atoms with Gasteiger partial charge in [-0.15, -0.1) is 0 Å². The van der Waals surface area contributed by atoms with E-state index in [-0.39, 0.29) is 19.4 Å². The van der Waals surface area contributed by atoms with E-state index in [1.54, 1.807) is 12.1 Å². The maximum atomic E-state index is 13.2. The zero-order chi connectivity index (χ0) is 14.6. The first kappa shape index (κ1) is 14.7. The summed E-state index contributed by atoms with van der Waals surface area (Å²) in [4.78, 5) is 11.6. The first-order valence-electron chi connectivity index (χ1n) is 6.49. The number of alkyl carbamates (subject to hydrolysis) is 1. The van der Waals surface area contributed by atoms with E-state index in [4.69, 9.17) is 4.74 Å². The fourth-order valence-electron chi connectivity index (χ4n) is 2.18. The molecule has 4 nitrogen and oxygen atoms in total. The Labute approximate surface area is 115 Å². The summed E-state index contributed by atoms with van der Waals surface area (Å²) >= 11 is 0. The van der Waals surface area contributed by atoms with Gasteiger partial charge in [0.05, 0.1) is 12.1 Å². The summed E-state index contributed by atoms with van der Waals surface area (Å²) in [5.41, 5.74) is 0.803. The molecule has 2 atom stereocenters. The SMILES string of the molecule is O=C(NC1CC(F)(F)CCC1O)OCc1ccccc1. The quantitative estimate of drug-likeness (QED) is 0.897. The molecule has 0 aliphatic heterocycles. The first-order chi connectivity index (χ1) is 9.46. The Morgan fingerprint density at radius 3 is 2.80 bits per heavy atom. The highest BCUT2D eigenvalue weighted by Crippen LogP contribution is 2.33. The molecule has 110 valence electrons. The molecule has 0 aromatic heterocycles. The van der Waals surface area contributed by atoms with Gasteiger partial charge >= 0.3 is 6.09 Å². The number of halogens is 2. The molecule has 0 radical (unpaired) electrons. The first-order valence-corrected chi connectivity index (χ1v) is 6.49. The largest absolute Gasteiger partial charge is 0.445 e. The van der Waals surface area contributed by atoms with Crippen LogP contribution in [0.1, 0.15) is 24.8 Å². The maximum Gasteiger partial charge on any atom is 0.407 e. The zero-order valence-electron chi connectivity index (χ0n) is 10.9. The van der Waals surface area contributed by atoms with Crippen molar-refractivity contribution < 1.29 is 23.4 Å². The Balaban J connectivity index is 1.81. The number of rotatable bonds is 3. The van der Waals surface area contributed by atoms with E-state index in [1.165, 1.54) is 0 Å². The van der Waals surface area contributed by atoms with Crippen molar-refractivity contribution in [1.29, 1.82) is 0 Å². The van der Waals surface area contributed by atoms with Crippen molar-refractivity contribution in [3.8, 4) is 0 Å². The number of hydrogen-bond acceptors (Lipinski definition) is 3. The van der Waals surface area contributed by atoms with Gasteiger partial charge < -0.3 is 15.2 Å². The minimum atomic E-state index is -2.85.